The number of rotatable bonds is 5. The van der Waals surface area contributed by atoms with Crippen LogP contribution in [0.3, 0.4) is 0 Å². The fourth-order valence-corrected chi connectivity index (χ4v) is 1.68. The first-order valence-electron chi connectivity index (χ1n) is 5.63. The van der Waals surface area contributed by atoms with Crippen molar-refractivity contribution in [2.24, 2.45) is 0 Å². The number of nitro benzene ring substituents is 1. The van der Waals surface area contributed by atoms with Crippen LogP contribution in [-0.4, -0.2) is 21.4 Å². The lowest BCUT2D eigenvalue weighted by Gasteiger charge is -2.06. The lowest BCUT2D eigenvalue weighted by molar-refractivity contribution is -0.385. The van der Waals surface area contributed by atoms with Crippen molar-refractivity contribution in [2.75, 3.05) is 11.9 Å². The highest BCUT2D eigenvalue weighted by molar-refractivity contribution is 5.54. The summed E-state index contributed by atoms with van der Waals surface area (Å²) in [6.07, 6.45) is 4.19. The van der Waals surface area contributed by atoms with Gasteiger partial charge in [0.2, 0.25) is 0 Å². The minimum atomic E-state index is -0.366. The summed E-state index contributed by atoms with van der Waals surface area (Å²) in [6, 6.07) is 5.15. The molecule has 0 radical (unpaired) electrons. The Labute approximate surface area is 104 Å². The van der Waals surface area contributed by atoms with Gasteiger partial charge in [-0.05, 0) is 13.0 Å². The summed E-state index contributed by atoms with van der Waals surface area (Å²) < 4.78 is 0. The summed E-state index contributed by atoms with van der Waals surface area (Å²) in [4.78, 5) is 17.4. The topological polar surface area (TPSA) is 83.8 Å². The Morgan fingerprint density at radius 3 is 3.00 bits per heavy atom. The third-order valence-electron chi connectivity index (χ3n) is 2.68. The highest BCUT2D eigenvalue weighted by Crippen LogP contribution is 2.22. The number of nitrogens with one attached hydrogen (secondary N) is 2. The first-order chi connectivity index (χ1) is 8.66. The number of aryl methyl sites for hydroxylation is 1. The van der Waals surface area contributed by atoms with Crippen LogP contribution in [0.2, 0.25) is 0 Å². The zero-order valence-electron chi connectivity index (χ0n) is 10.0. The number of aromatic amines is 1. The molecule has 1 aromatic carbocycles. The van der Waals surface area contributed by atoms with Gasteiger partial charge in [0.25, 0.3) is 5.69 Å². The van der Waals surface area contributed by atoms with E-state index >= 15 is 0 Å². The van der Waals surface area contributed by atoms with Crippen LogP contribution in [0.25, 0.3) is 0 Å². The first-order valence-corrected chi connectivity index (χ1v) is 5.63. The molecule has 0 fully saturated rings. The van der Waals surface area contributed by atoms with E-state index < -0.39 is 0 Å². The molecule has 1 aromatic heterocycles. The summed E-state index contributed by atoms with van der Waals surface area (Å²) in [5.41, 5.74) is 2.59. The van der Waals surface area contributed by atoms with Crippen molar-refractivity contribution >= 4 is 11.4 Å². The van der Waals surface area contributed by atoms with Crippen LogP contribution in [0.5, 0.6) is 0 Å². The zero-order chi connectivity index (χ0) is 13.0. The number of anilines is 1. The van der Waals surface area contributed by atoms with Crippen molar-refractivity contribution in [1.29, 1.82) is 0 Å². The maximum absolute atomic E-state index is 10.8. The molecule has 0 bridgehead atoms. The zero-order valence-corrected chi connectivity index (χ0v) is 10.0. The van der Waals surface area contributed by atoms with Crippen molar-refractivity contribution in [3.8, 4) is 0 Å². The Balaban J connectivity index is 1.97. The van der Waals surface area contributed by atoms with Crippen LogP contribution in [0.1, 0.15) is 11.3 Å². The molecule has 0 amide bonds. The minimum absolute atomic E-state index is 0.140. The van der Waals surface area contributed by atoms with Gasteiger partial charge in [-0.15, -0.1) is 0 Å². The molecule has 0 saturated carbocycles. The normalized spacial score (nSPS) is 10.3. The Morgan fingerprint density at radius 1 is 1.50 bits per heavy atom. The molecule has 6 heteroatoms. The van der Waals surface area contributed by atoms with E-state index in [-0.39, 0.29) is 10.6 Å². The molecule has 0 aliphatic heterocycles. The highest BCUT2D eigenvalue weighted by Gasteiger charge is 2.10. The van der Waals surface area contributed by atoms with Crippen LogP contribution in [-0.2, 0) is 6.42 Å². The average Bonchev–Trinajstić information content (AvgIpc) is 2.84. The number of nitro groups is 1. The van der Waals surface area contributed by atoms with E-state index in [0.29, 0.717) is 12.1 Å². The fraction of sp³-hybridized carbons (Fsp3) is 0.250. The van der Waals surface area contributed by atoms with E-state index in [0.717, 1.165) is 17.8 Å². The van der Waals surface area contributed by atoms with Crippen molar-refractivity contribution < 1.29 is 4.92 Å². The summed E-state index contributed by atoms with van der Waals surface area (Å²) >= 11 is 0. The Kier molecular flexibility index (Phi) is 3.57. The van der Waals surface area contributed by atoms with Gasteiger partial charge in [-0.1, -0.05) is 6.07 Å². The third-order valence-corrected chi connectivity index (χ3v) is 2.68. The molecule has 0 aliphatic carbocycles. The number of hydrogen-bond donors (Lipinski definition) is 2. The molecular formula is C12H14N4O2. The smallest absolute Gasteiger partial charge is 0.274 e. The molecule has 2 rings (SSSR count). The Morgan fingerprint density at radius 2 is 2.33 bits per heavy atom. The molecule has 94 valence electrons. The molecule has 1 heterocycles. The SMILES string of the molecule is Cc1ccc(NCCc2cnc[nH]2)cc1[N+](=O)[O-]. The van der Waals surface area contributed by atoms with Crippen molar-refractivity contribution in [3.63, 3.8) is 0 Å². The maximum atomic E-state index is 10.8. The molecule has 0 aliphatic rings. The first kappa shape index (κ1) is 12.1. The predicted molar refractivity (Wildman–Crippen MR) is 68.6 cm³/mol. The van der Waals surface area contributed by atoms with Crippen molar-refractivity contribution in [1.82, 2.24) is 9.97 Å². The molecule has 2 aromatic rings. The van der Waals surface area contributed by atoms with Gasteiger partial charge in [-0.3, -0.25) is 10.1 Å². The second-order valence-electron chi connectivity index (χ2n) is 4.01. The molecule has 0 spiro atoms. The van der Waals surface area contributed by atoms with Crippen LogP contribution in [0.4, 0.5) is 11.4 Å². The van der Waals surface area contributed by atoms with Gasteiger partial charge in [0.05, 0.1) is 11.3 Å². The lowest BCUT2D eigenvalue weighted by Crippen LogP contribution is -2.05. The number of benzene rings is 1. The van der Waals surface area contributed by atoms with Gasteiger partial charge >= 0.3 is 0 Å². The molecular weight excluding hydrogens is 232 g/mol. The number of H-pyrrole nitrogens is 1. The van der Waals surface area contributed by atoms with Crippen molar-refractivity contribution in [3.05, 3.63) is 52.1 Å². The van der Waals surface area contributed by atoms with E-state index in [1.807, 2.05) is 6.07 Å². The summed E-state index contributed by atoms with van der Waals surface area (Å²) in [7, 11) is 0. The third kappa shape index (κ3) is 2.85. The second kappa shape index (κ2) is 5.31. The largest absolute Gasteiger partial charge is 0.384 e. The quantitative estimate of drug-likeness (QED) is 0.626. The molecule has 0 atom stereocenters. The number of hydrogen-bond acceptors (Lipinski definition) is 4. The van der Waals surface area contributed by atoms with Crippen LogP contribution in [0, 0.1) is 17.0 Å². The number of aromatic nitrogens is 2. The van der Waals surface area contributed by atoms with Gasteiger partial charge in [-0.2, -0.15) is 0 Å². The second-order valence-corrected chi connectivity index (χ2v) is 4.01. The van der Waals surface area contributed by atoms with Crippen molar-refractivity contribution in [2.45, 2.75) is 13.3 Å². The van der Waals surface area contributed by atoms with E-state index in [9.17, 15) is 10.1 Å². The lowest BCUT2D eigenvalue weighted by atomic mass is 10.2. The Hall–Kier alpha value is -2.37. The van der Waals surface area contributed by atoms with Crippen LogP contribution >= 0.6 is 0 Å². The van der Waals surface area contributed by atoms with E-state index in [4.69, 9.17) is 0 Å². The molecule has 6 nitrogen and oxygen atoms in total. The highest BCUT2D eigenvalue weighted by atomic mass is 16.6. The monoisotopic (exact) mass is 246 g/mol. The Bertz CT molecular complexity index is 537. The number of nitrogens with zero attached hydrogens (tertiary/aromatic N) is 2. The van der Waals surface area contributed by atoms with Gasteiger partial charge in [-0.25, -0.2) is 4.98 Å². The van der Waals surface area contributed by atoms with Gasteiger partial charge in [0.15, 0.2) is 0 Å². The van der Waals surface area contributed by atoms with Crippen LogP contribution < -0.4 is 5.32 Å². The number of imidazole rings is 1. The maximum Gasteiger partial charge on any atom is 0.274 e. The molecule has 2 N–H and O–H groups in total. The standard InChI is InChI=1S/C12H14N4O2/c1-9-2-3-10(6-12(9)16(17)18)14-5-4-11-7-13-8-15-11/h2-3,6-8,14H,4-5H2,1H3,(H,13,15). The average molecular weight is 246 g/mol. The van der Waals surface area contributed by atoms with Gasteiger partial charge in [0, 0.05) is 42.2 Å². The van der Waals surface area contributed by atoms with E-state index in [1.54, 1.807) is 31.6 Å². The predicted octanol–water partition coefficient (Wildman–Crippen LogP) is 2.28. The van der Waals surface area contributed by atoms with Crippen LogP contribution in [0.15, 0.2) is 30.7 Å². The fourth-order valence-electron chi connectivity index (χ4n) is 1.68. The van der Waals surface area contributed by atoms with E-state index in [1.165, 1.54) is 0 Å². The minimum Gasteiger partial charge on any atom is -0.384 e. The summed E-state index contributed by atoms with van der Waals surface area (Å²) in [6.45, 7) is 2.43. The molecule has 0 saturated heterocycles. The summed E-state index contributed by atoms with van der Waals surface area (Å²) in [5.74, 6) is 0. The molecule has 0 unspecified atom stereocenters. The summed E-state index contributed by atoms with van der Waals surface area (Å²) in [5, 5.41) is 14.0. The molecule has 18 heavy (non-hydrogen) atoms. The van der Waals surface area contributed by atoms with Gasteiger partial charge < -0.3 is 10.3 Å². The van der Waals surface area contributed by atoms with Gasteiger partial charge in [0.1, 0.15) is 0 Å². The van der Waals surface area contributed by atoms with E-state index in [2.05, 4.69) is 15.3 Å².